The summed E-state index contributed by atoms with van der Waals surface area (Å²) in [4.78, 5) is 0. The van der Waals surface area contributed by atoms with Crippen molar-refractivity contribution in [3.05, 3.63) is 30.3 Å². The molecule has 0 saturated heterocycles. The van der Waals surface area contributed by atoms with Crippen LogP contribution in [0.2, 0.25) is 0 Å². The summed E-state index contributed by atoms with van der Waals surface area (Å²) in [6, 6.07) is 11.5. The highest BCUT2D eigenvalue weighted by atomic mass is 16.5. The van der Waals surface area contributed by atoms with Crippen LogP contribution >= 0.6 is 0 Å². The predicted molar refractivity (Wildman–Crippen MR) is 70.5 cm³/mol. The Bertz CT molecular complexity index is 349. The molecule has 0 bridgehead atoms. The quantitative estimate of drug-likeness (QED) is 0.679. The lowest BCUT2D eigenvalue weighted by atomic mass is 10.3. The average molecular weight is 248 g/mol. The molecule has 1 rings (SSSR count). The Morgan fingerprint density at radius 2 is 2.06 bits per heavy atom. The molecule has 4 heteroatoms. The molecule has 18 heavy (non-hydrogen) atoms. The molecule has 0 aliphatic carbocycles. The van der Waals surface area contributed by atoms with Crippen LogP contribution in [0.15, 0.2) is 30.3 Å². The van der Waals surface area contributed by atoms with Crippen molar-refractivity contribution in [3.63, 3.8) is 0 Å². The largest absolute Gasteiger partial charge is 0.491 e. The van der Waals surface area contributed by atoms with E-state index >= 15 is 0 Å². The minimum atomic E-state index is -0.235. The van der Waals surface area contributed by atoms with E-state index in [1.54, 1.807) is 0 Å². The normalized spacial score (nSPS) is 11.8. The van der Waals surface area contributed by atoms with Gasteiger partial charge < -0.3 is 14.8 Å². The van der Waals surface area contributed by atoms with Crippen molar-refractivity contribution in [2.24, 2.45) is 0 Å². The number of nitrogens with one attached hydrogen (secondary N) is 1. The summed E-state index contributed by atoms with van der Waals surface area (Å²) in [5, 5.41) is 12.0. The van der Waals surface area contributed by atoms with Crippen LogP contribution in [0.3, 0.4) is 0 Å². The number of para-hydroxylation sites is 1. The van der Waals surface area contributed by atoms with Gasteiger partial charge in [0.2, 0.25) is 0 Å². The molecule has 98 valence electrons. The Morgan fingerprint density at radius 1 is 1.28 bits per heavy atom. The summed E-state index contributed by atoms with van der Waals surface area (Å²) < 4.78 is 10.9. The van der Waals surface area contributed by atoms with Crippen molar-refractivity contribution >= 4 is 0 Å². The minimum absolute atomic E-state index is 0.235. The Labute approximate surface area is 109 Å². The number of nitrogens with zero attached hydrogens (tertiary/aromatic N) is 1. The predicted octanol–water partition coefficient (Wildman–Crippen LogP) is 1.97. The van der Waals surface area contributed by atoms with Crippen molar-refractivity contribution in [2.75, 3.05) is 26.4 Å². The highest BCUT2D eigenvalue weighted by Gasteiger charge is 2.05. The van der Waals surface area contributed by atoms with E-state index in [0.29, 0.717) is 19.8 Å². The van der Waals surface area contributed by atoms with Crippen LogP contribution in [-0.2, 0) is 4.74 Å². The molecule has 0 spiro atoms. The van der Waals surface area contributed by atoms with Crippen LogP contribution in [0.25, 0.3) is 0 Å². The first-order valence-corrected chi connectivity index (χ1v) is 6.25. The fourth-order valence-electron chi connectivity index (χ4n) is 1.40. The van der Waals surface area contributed by atoms with E-state index in [-0.39, 0.29) is 6.04 Å². The van der Waals surface area contributed by atoms with Crippen LogP contribution in [0.1, 0.15) is 13.3 Å². The third-order valence-corrected chi connectivity index (χ3v) is 2.32. The topological polar surface area (TPSA) is 54.3 Å². The van der Waals surface area contributed by atoms with Gasteiger partial charge in [0.05, 0.1) is 19.3 Å². The summed E-state index contributed by atoms with van der Waals surface area (Å²) in [5.74, 6) is 0.835. The maximum absolute atomic E-state index is 8.86. The van der Waals surface area contributed by atoms with Crippen LogP contribution in [0.4, 0.5) is 0 Å². The molecule has 0 aromatic heterocycles. The van der Waals surface area contributed by atoms with Gasteiger partial charge in [-0.3, -0.25) is 0 Å². The number of ether oxygens (including phenoxy) is 2. The van der Waals surface area contributed by atoms with Crippen LogP contribution < -0.4 is 10.1 Å². The molecule has 0 aliphatic rings. The highest BCUT2D eigenvalue weighted by molar-refractivity contribution is 5.20. The number of rotatable bonds is 9. The van der Waals surface area contributed by atoms with Crippen molar-refractivity contribution in [1.29, 1.82) is 5.26 Å². The molecule has 1 aromatic rings. The number of hydrogen-bond acceptors (Lipinski definition) is 4. The van der Waals surface area contributed by atoms with Gasteiger partial charge in [0, 0.05) is 0 Å². The lowest BCUT2D eigenvalue weighted by Crippen LogP contribution is -2.33. The summed E-state index contributed by atoms with van der Waals surface area (Å²) in [7, 11) is 0. The fraction of sp³-hybridized carbons (Fsp3) is 0.500. The molecule has 1 atom stereocenters. The first-order chi connectivity index (χ1) is 8.86. The van der Waals surface area contributed by atoms with E-state index in [1.807, 2.05) is 30.3 Å². The van der Waals surface area contributed by atoms with Crippen molar-refractivity contribution in [3.8, 4) is 11.8 Å². The molecule has 0 radical (unpaired) electrons. The zero-order chi connectivity index (χ0) is 13.1. The zero-order valence-electron chi connectivity index (χ0n) is 10.8. The number of nitriles is 1. The Balaban J connectivity index is 2.06. The molecule has 0 fully saturated rings. The maximum Gasteiger partial charge on any atom is 0.119 e. The van der Waals surface area contributed by atoms with E-state index in [2.05, 4.69) is 18.3 Å². The molecule has 1 aromatic carbocycles. The number of benzene rings is 1. The highest BCUT2D eigenvalue weighted by Crippen LogP contribution is 2.07. The monoisotopic (exact) mass is 248 g/mol. The smallest absolute Gasteiger partial charge is 0.119 e. The van der Waals surface area contributed by atoms with Crippen LogP contribution in [-0.4, -0.2) is 32.4 Å². The Hall–Kier alpha value is -1.57. The van der Waals surface area contributed by atoms with Crippen molar-refractivity contribution < 1.29 is 9.47 Å². The zero-order valence-corrected chi connectivity index (χ0v) is 10.8. The average Bonchev–Trinajstić information content (AvgIpc) is 2.43. The van der Waals surface area contributed by atoms with Crippen LogP contribution in [0.5, 0.6) is 5.75 Å². The van der Waals surface area contributed by atoms with E-state index in [1.165, 1.54) is 0 Å². The van der Waals surface area contributed by atoms with Gasteiger partial charge in [-0.2, -0.15) is 5.26 Å². The summed E-state index contributed by atoms with van der Waals surface area (Å²) in [6.45, 7) is 4.28. The molecule has 1 N–H and O–H groups in total. The van der Waals surface area contributed by atoms with Gasteiger partial charge in [-0.15, -0.1) is 0 Å². The molecule has 0 heterocycles. The van der Waals surface area contributed by atoms with Gasteiger partial charge in [0.25, 0.3) is 0 Å². The van der Waals surface area contributed by atoms with Crippen molar-refractivity contribution in [2.45, 2.75) is 19.4 Å². The SMILES string of the molecule is CCCNC(C#N)COCCOc1ccccc1. The van der Waals surface area contributed by atoms with E-state index in [0.717, 1.165) is 18.7 Å². The lowest BCUT2D eigenvalue weighted by molar-refractivity contribution is 0.0923. The van der Waals surface area contributed by atoms with Gasteiger partial charge in [0.15, 0.2) is 0 Å². The van der Waals surface area contributed by atoms with E-state index in [9.17, 15) is 0 Å². The molecule has 0 amide bonds. The minimum Gasteiger partial charge on any atom is -0.491 e. The molecule has 4 nitrogen and oxygen atoms in total. The second-order valence-electron chi connectivity index (χ2n) is 3.87. The number of hydrogen-bond donors (Lipinski definition) is 1. The third-order valence-electron chi connectivity index (χ3n) is 2.32. The van der Waals surface area contributed by atoms with Gasteiger partial charge in [-0.25, -0.2) is 0 Å². The van der Waals surface area contributed by atoms with E-state index in [4.69, 9.17) is 14.7 Å². The van der Waals surface area contributed by atoms with E-state index < -0.39 is 0 Å². The van der Waals surface area contributed by atoms with Crippen LogP contribution in [0, 0.1) is 11.3 Å². The summed E-state index contributed by atoms with van der Waals surface area (Å²) in [6.07, 6.45) is 1.01. The second-order valence-corrected chi connectivity index (χ2v) is 3.87. The Morgan fingerprint density at radius 3 is 2.72 bits per heavy atom. The molecule has 0 aliphatic heterocycles. The lowest BCUT2D eigenvalue weighted by Gasteiger charge is -2.11. The molecular weight excluding hydrogens is 228 g/mol. The third kappa shape index (κ3) is 6.24. The standard InChI is InChI=1S/C14H20N2O2/c1-2-8-16-13(11-15)12-17-9-10-18-14-6-4-3-5-7-14/h3-7,13,16H,2,8-10,12H2,1H3. The Kier molecular flexibility index (Phi) is 7.61. The van der Waals surface area contributed by atoms with Gasteiger partial charge in [-0.1, -0.05) is 25.1 Å². The molecule has 1 unspecified atom stereocenters. The van der Waals surface area contributed by atoms with Crippen molar-refractivity contribution in [1.82, 2.24) is 5.32 Å². The van der Waals surface area contributed by atoms with Gasteiger partial charge >= 0.3 is 0 Å². The second kappa shape index (κ2) is 9.46. The first-order valence-electron chi connectivity index (χ1n) is 6.25. The van der Waals surface area contributed by atoms with Gasteiger partial charge in [0.1, 0.15) is 18.4 Å². The fourth-order valence-corrected chi connectivity index (χ4v) is 1.40. The molecular formula is C14H20N2O2. The van der Waals surface area contributed by atoms with Gasteiger partial charge in [-0.05, 0) is 25.1 Å². The summed E-state index contributed by atoms with van der Waals surface area (Å²) >= 11 is 0. The maximum atomic E-state index is 8.86. The summed E-state index contributed by atoms with van der Waals surface area (Å²) in [5.41, 5.74) is 0. The first kappa shape index (κ1) is 14.5. The molecule has 0 saturated carbocycles.